The van der Waals surface area contributed by atoms with Crippen molar-refractivity contribution in [2.45, 2.75) is 12.1 Å². The molecule has 0 amide bonds. The third kappa shape index (κ3) is 2.96. The highest BCUT2D eigenvalue weighted by atomic mass is 32.2. The Balaban J connectivity index is 2.47. The molecule has 0 spiro atoms. The summed E-state index contributed by atoms with van der Waals surface area (Å²) < 4.78 is 1.99. The number of benzene rings is 1. The van der Waals surface area contributed by atoms with Crippen molar-refractivity contribution in [2.24, 2.45) is 0 Å². The average molecular weight is 291 g/mol. The second kappa shape index (κ2) is 6.00. The molecule has 0 aliphatic heterocycles. The standard InChI is InChI=1S/C14H17N3O2S/c1-10-8-15-14(20-9-13(18)19)17(10)12-7-5-4-6-11(12)16(2)3/h4-8H,9H2,1-3H3,(H,18,19). The van der Waals surface area contributed by atoms with E-state index < -0.39 is 5.97 Å². The summed E-state index contributed by atoms with van der Waals surface area (Å²) in [4.78, 5) is 17.1. The first-order chi connectivity index (χ1) is 9.50. The van der Waals surface area contributed by atoms with Crippen molar-refractivity contribution in [1.82, 2.24) is 9.55 Å². The molecule has 1 N–H and O–H groups in total. The molecule has 1 heterocycles. The van der Waals surface area contributed by atoms with Gasteiger partial charge >= 0.3 is 5.97 Å². The third-order valence-electron chi connectivity index (χ3n) is 2.84. The zero-order valence-corrected chi connectivity index (χ0v) is 12.5. The molecule has 1 aromatic heterocycles. The van der Waals surface area contributed by atoms with Crippen molar-refractivity contribution >= 4 is 23.4 Å². The Hall–Kier alpha value is -1.95. The number of carbonyl (C=O) groups is 1. The molecule has 6 heteroatoms. The Labute approximate surface area is 122 Å². The largest absolute Gasteiger partial charge is 0.481 e. The molecule has 20 heavy (non-hydrogen) atoms. The Morgan fingerprint density at radius 2 is 2.10 bits per heavy atom. The minimum Gasteiger partial charge on any atom is -0.481 e. The van der Waals surface area contributed by atoms with Crippen molar-refractivity contribution < 1.29 is 9.90 Å². The number of nitrogens with zero attached hydrogens (tertiary/aromatic N) is 3. The number of anilines is 1. The number of carboxylic acid groups (broad SMARTS) is 1. The van der Waals surface area contributed by atoms with Crippen LogP contribution in [0.3, 0.4) is 0 Å². The molecule has 0 fully saturated rings. The highest BCUT2D eigenvalue weighted by Gasteiger charge is 2.14. The highest BCUT2D eigenvalue weighted by Crippen LogP contribution is 2.29. The monoisotopic (exact) mass is 291 g/mol. The minimum absolute atomic E-state index is 0.000580. The Kier molecular flexibility index (Phi) is 4.34. The van der Waals surface area contributed by atoms with Gasteiger partial charge in [-0.3, -0.25) is 9.36 Å². The number of carboxylic acids is 1. The maximum Gasteiger partial charge on any atom is 0.313 e. The Bertz CT molecular complexity index is 623. The lowest BCUT2D eigenvalue weighted by atomic mass is 10.2. The number of aryl methyl sites for hydroxylation is 1. The number of imidazole rings is 1. The van der Waals surface area contributed by atoms with E-state index in [4.69, 9.17) is 5.11 Å². The van der Waals surface area contributed by atoms with Gasteiger partial charge in [0.15, 0.2) is 5.16 Å². The molecule has 0 aliphatic carbocycles. The normalized spacial score (nSPS) is 10.6. The SMILES string of the molecule is Cc1cnc(SCC(=O)O)n1-c1ccccc1N(C)C. The second-order valence-corrected chi connectivity index (χ2v) is 5.53. The Morgan fingerprint density at radius 3 is 2.75 bits per heavy atom. The fraction of sp³-hybridized carbons (Fsp3) is 0.286. The molecule has 2 aromatic rings. The fourth-order valence-electron chi connectivity index (χ4n) is 1.97. The molecule has 0 bridgehead atoms. The molecular weight excluding hydrogens is 274 g/mol. The minimum atomic E-state index is -0.844. The molecule has 1 aromatic carbocycles. The topological polar surface area (TPSA) is 58.4 Å². The van der Waals surface area contributed by atoms with Crippen LogP contribution in [0.4, 0.5) is 5.69 Å². The molecule has 5 nitrogen and oxygen atoms in total. The first kappa shape index (κ1) is 14.5. The highest BCUT2D eigenvalue weighted by molar-refractivity contribution is 7.99. The summed E-state index contributed by atoms with van der Waals surface area (Å²) in [6.07, 6.45) is 1.76. The van der Waals surface area contributed by atoms with Crippen molar-refractivity contribution in [1.29, 1.82) is 0 Å². The summed E-state index contributed by atoms with van der Waals surface area (Å²) in [6, 6.07) is 7.98. The number of aliphatic carboxylic acids is 1. The van der Waals surface area contributed by atoms with Crippen LogP contribution in [-0.2, 0) is 4.79 Å². The maximum atomic E-state index is 10.7. The summed E-state index contributed by atoms with van der Waals surface area (Å²) >= 11 is 1.23. The number of aromatic nitrogens is 2. The molecule has 0 aliphatic rings. The predicted molar refractivity (Wildman–Crippen MR) is 81.0 cm³/mol. The number of thioether (sulfide) groups is 1. The lowest BCUT2D eigenvalue weighted by Crippen LogP contribution is -2.13. The van der Waals surface area contributed by atoms with Crippen LogP contribution in [0.25, 0.3) is 5.69 Å². The van der Waals surface area contributed by atoms with E-state index >= 15 is 0 Å². The van der Waals surface area contributed by atoms with Gasteiger partial charge in [-0.25, -0.2) is 4.98 Å². The first-order valence-corrected chi connectivity index (χ1v) is 7.15. The zero-order chi connectivity index (χ0) is 14.7. The summed E-state index contributed by atoms with van der Waals surface area (Å²) in [5.41, 5.74) is 3.04. The van der Waals surface area contributed by atoms with Gasteiger partial charge in [-0.2, -0.15) is 0 Å². The van der Waals surface area contributed by atoms with E-state index in [1.54, 1.807) is 6.20 Å². The van der Waals surface area contributed by atoms with Crippen LogP contribution in [0.5, 0.6) is 0 Å². The fourth-order valence-corrected chi connectivity index (χ4v) is 2.72. The van der Waals surface area contributed by atoms with Crippen LogP contribution in [0, 0.1) is 6.92 Å². The molecular formula is C14H17N3O2S. The van der Waals surface area contributed by atoms with E-state index in [0.29, 0.717) is 5.16 Å². The smallest absolute Gasteiger partial charge is 0.313 e. The molecule has 0 radical (unpaired) electrons. The average Bonchev–Trinajstić information content (AvgIpc) is 2.77. The van der Waals surface area contributed by atoms with Gasteiger partial charge in [-0.1, -0.05) is 23.9 Å². The Morgan fingerprint density at radius 1 is 1.40 bits per heavy atom. The van der Waals surface area contributed by atoms with Gasteiger partial charge in [0.1, 0.15) is 0 Å². The van der Waals surface area contributed by atoms with Crippen LogP contribution < -0.4 is 4.90 Å². The quantitative estimate of drug-likeness (QED) is 0.857. The molecule has 0 saturated carbocycles. The molecule has 106 valence electrons. The van der Waals surface area contributed by atoms with Crippen molar-refractivity contribution in [3.05, 3.63) is 36.2 Å². The molecule has 0 atom stereocenters. The van der Waals surface area contributed by atoms with E-state index in [-0.39, 0.29) is 5.75 Å². The summed E-state index contributed by atoms with van der Waals surface area (Å²) in [6.45, 7) is 1.96. The lowest BCUT2D eigenvalue weighted by Gasteiger charge is -2.19. The van der Waals surface area contributed by atoms with Crippen LogP contribution >= 0.6 is 11.8 Å². The third-order valence-corrected chi connectivity index (χ3v) is 3.77. The van der Waals surface area contributed by atoms with Gasteiger partial charge in [-0.15, -0.1) is 0 Å². The van der Waals surface area contributed by atoms with E-state index in [2.05, 4.69) is 4.98 Å². The number of hydrogen-bond donors (Lipinski definition) is 1. The van der Waals surface area contributed by atoms with Crippen LogP contribution in [0.1, 0.15) is 5.69 Å². The van der Waals surface area contributed by atoms with Gasteiger partial charge < -0.3 is 10.0 Å². The summed E-state index contributed by atoms with van der Waals surface area (Å²) in [5.74, 6) is -0.844. The van der Waals surface area contributed by atoms with Crippen LogP contribution in [-0.4, -0.2) is 40.5 Å². The number of rotatable bonds is 5. The number of hydrogen-bond acceptors (Lipinski definition) is 4. The summed E-state index contributed by atoms with van der Waals surface area (Å²) in [7, 11) is 3.96. The van der Waals surface area contributed by atoms with E-state index in [1.807, 2.05) is 54.8 Å². The second-order valence-electron chi connectivity index (χ2n) is 4.58. The van der Waals surface area contributed by atoms with Gasteiger partial charge in [0.25, 0.3) is 0 Å². The molecule has 0 saturated heterocycles. The van der Waals surface area contributed by atoms with E-state index in [1.165, 1.54) is 11.8 Å². The van der Waals surface area contributed by atoms with Gasteiger partial charge in [0.2, 0.25) is 0 Å². The molecule has 2 rings (SSSR count). The van der Waals surface area contributed by atoms with Gasteiger partial charge in [0, 0.05) is 26.0 Å². The van der Waals surface area contributed by atoms with E-state index in [0.717, 1.165) is 17.1 Å². The number of para-hydroxylation sites is 2. The van der Waals surface area contributed by atoms with Gasteiger partial charge in [-0.05, 0) is 19.1 Å². The zero-order valence-electron chi connectivity index (χ0n) is 11.7. The first-order valence-electron chi connectivity index (χ1n) is 6.16. The van der Waals surface area contributed by atoms with Crippen LogP contribution in [0.15, 0.2) is 35.6 Å². The molecule has 0 unspecified atom stereocenters. The lowest BCUT2D eigenvalue weighted by molar-refractivity contribution is -0.133. The van der Waals surface area contributed by atoms with Crippen molar-refractivity contribution in [2.75, 3.05) is 24.7 Å². The van der Waals surface area contributed by atoms with Gasteiger partial charge in [0.05, 0.1) is 17.1 Å². The van der Waals surface area contributed by atoms with Crippen LogP contribution in [0.2, 0.25) is 0 Å². The van der Waals surface area contributed by atoms with Crippen molar-refractivity contribution in [3.63, 3.8) is 0 Å². The van der Waals surface area contributed by atoms with E-state index in [9.17, 15) is 4.79 Å². The predicted octanol–water partition coefficient (Wildman–Crippen LogP) is 2.42. The van der Waals surface area contributed by atoms with Crippen molar-refractivity contribution in [3.8, 4) is 5.69 Å². The summed E-state index contributed by atoms with van der Waals surface area (Å²) in [5, 5.41) is 9.51. The maximum absolute atomic E-state index is 10.7.